The van der Waals surface area contributed by atoms with Crippen molar-refractivity contribution in [3.05, 3.63) is 101 Å². The number of nitrogens with one attached hydrogen (secondary N) is 1. The molecule has 3 aromatic heterocycles. The monoisotopic (exact) mass is 626 g/mol. The minimum Gasteiger partial charge on any atom is -0.322 e. The first-order valence-electron chi connectivity index (χ1n) is 15.0. The molecular weight excluding hydrogens is 593 g/mol. The number of fused-ring (bicyclic) bond motifs is 1. The second-order valence-electron chi connectivity index (χ2n) is 11.4. The fraction of sp³-hybridized carbons (Fsp3) is 0.294. The third-order valence-electron chi connectivity index (χ3n) is 8.23. The molecule has 6 rings (SSSR count). The first kappa shape index (κ1) is 31.0. The van der Waals surface area contributed by atoms with E-state index in [4.69, 9.17) is 0 Å². The lowest BCUT2D eigenvalue weighted by Crippen LogP contribution is -2.45. The van der Waals surface area contributed by atoms with Crippen LogP contribution >= 0.6 is 0 Å². The molecule has 0 spiro atoms. The van der Waals surface area contributed by atoms with E-state index in [-0.39, 0.29) is 23.4 Å². The van der Waals surface area contributed by atoms with Gasteiger partial charge in [-0.1, -0.05) is 25.0 Å². The average molecular weight is 627 g/mol. The van der Waals surface area contributed by atoms with E-state index in [1.165, 1.54) is 12.1 Å². The summed E-state index contributed by atoms with van der Waals surface area (Å²) in [5.74, 6) is 6.02. The van der Waals surface area contributed by atoms with Gasteiger partial charge in [-0.2, -0.15) is 18.3 Å². The molecule has 0 radical (unpaired) electrons. The normalized spacial score (nSPS) is 14.3. The molecule has 1 saturated heterocycles. The van der Waals surface area contributed by atoms with Crippen LogP contribution in [-0.4, -0.2) is 72.8 Å². The second-order valence-corrected chi connectivity index (χ2v) is 11.4. The lowest BCUT2D eigenvalue weighted by molar-refractivity contribution is -0.138. The molecule has 12 heteroatoms. The van der Waals surface area contributed by atoms with Gasteiger partial charge in [-0.3, -0.25) is 18.8 Å². The van der Waals surface area contributed by atoms with Gasteiger partial charge in [0.1, 0.15) is 0 Å². The van der Waals surface area contributed by atoms with Gasteiger partial charge >= 0.3 is 6.18 Å². The zero-order chi connectivity index (χ0) is 32.4. The molecule has 236 valence electrons. The second kappa shape index (κ2) is 12.8. The van der Waals surface area contributed by atoms with E-state index < -0.39 is 17.6 Å². The van der Waals surface area contributed by atoms with Crippen LogP contribution in [0.4, 0.5) is 18.9 Å². The molecule has 5 aromatic rings. The number of benzene rings is 2. The number of hydrogen-bond acceptors (Lipinski definition) is 6. The number of likely N-dealkylation sites (N-methyl/N-ethyl adjacent to an activating group) is 1. The Kier molecular flexibility index (Phi) is 8.62. The maximum atomic E-state index is 14.1. The molecule has 1 aliphatic heterocycles. The van der Waals surface area contributed by atoms with E-state index in [0.29, 0.717) is 30.1 Å². The number of halogens is 3. The van der Waals surface area contributed by atoms with Crippen molar-refractivity contribution in [2.24, 2.45) is 7.05 Å². The highest BCUT2D eigenvalue weighted by atomic mass is 19.4. The largest absolute Gasteiger partial charge is 0.416 e. The SMILES string of the molecule is CCN1CCN(Cc2ccc(NC(=O)c3ccc(C)c(C#Cc4nnc5ccc(-c6cnn(C)c6)cn45)c3)cc2C(F)(F)F)CC1. The van der Waals surface area contributed by atoms with Crippen LogP contribution < -0.4 is 5.32 Å². The fourth-order valence-corrected chi connectivity index (χ4v) is 5.50. The molecule has 46 heavy (non-hydrogen) atoms. The summed E-state index contributed by atoms with van der Waals surface area (Å²) in [4.78, 5) is 17.5. The van der Waals surface area contributed by atoms with E-state index in [0.717, 1.165) is 42.4 Å². The summed E-state index contributed by atoms with van der Waals surface area (Å²) in [6, 6.07) is 12.8. The van der Waals surface area contributed by atoms with E-state index in [9.17, 15) is 18.0 Å². The van der Waals surface area contributed by atoms with Gasteiger partial charge in [0, 0.05) is 80.1 Å². The Bertz CT molecular complexity index is 1960. The maximum absolute atomic E-state index is 14.1. The Morgan fingerprint density at radius 2 is 1.72 bits per heavy atom. The summed E-state index contributed by atoms with van der Waals surface area (Å²) in [7, 11) is 1.85. The lowest BCUT2D eigenvalue weighted by Gasteiger charge is -2.34. The molecule has 1 aliphatic rings. The molecular formula is C34H33F3N8O. The van der Waals surface area contributed by atoms with Gasteiger partial charge in [-0.25, -0.2) is 0 Å². The van der Waals surface area contributed by atoms with Crippen molar-refractivity contribution in [2.75, 3.05) is 38.0 Å². The van der Waals surface area contributed by atoms with Crippen LogP contribution in [0.25, 0.3) is 16.8 Å². The quantitative estimate of drug-likeness (QED) is 0.260. The summed E-state index contributed by atoms with van der Waals surface area (Å²) < 4.78 is 45.8. The van der Waals surface area contributed by atoms with Crippen molar-refractivity contribution in [1.82, 2.24) is 34.2 Å². The number of hydrogen-bond donors (Lipinski definition) is 1. The lowest BCUT2D eigenvalue weighted by atomic mass is 10.0. The third-order valence-corrected chi connectivity index (χ3v) is 8.23. The Labute approximate surface area is 264 Å². The van der Waals surface area contributed by atoms with Gasteiger partial charge in [-0.05, 0) is 66.9 Å². The number of anilines is 1. The Hall–Kier alpha value is -4.99. The first-order chi connectivity index (χ1) is 22.1. The first-order valence-corrected chi connectivity index (χ1v) is 15.0. The van der Waals surface area contributed by atoms with Crippen molar-refractivity contribution in [3.63, 3.8) is 0 Å². The summed E-state index contributed by atoms with van der Waals surface area (Å²) in [6.45, 7) is 8.16. The van der Waals surface area contributed by atoms with Gasteiger partial charge in [0.05, 0.1) is 11.8 Å². The Morgan fingerprint density at radius 1 is 0.935 bits per heavy atom. The minimum absolute atomic E-state index is 0.0736. The maximum Gasteiger partial charge on any atom is 0.416 e. The number of piperazine rings is 1. The highest BCUT2D eigenvalue weighted by Gasteiger charge is 2.34. The smallest absolute Gasteiger partial charge is 0.322 e. The van der Waals surface area contributed by atoms with Crippen molar-refractivity contribution in [2.45, 2.75) is 26.6 Å². The molecule has 0 bridgehead atoms. The molecule has 0 atom stereocenters. The summed E-state index contributed by atoms with van der Waals surface area (Å²) >= 11 is 0. The van der Waals surface area contributed by atoms with Crippen molar-refractivity contribution >= 4 is 17.2 Å². The van der Waals surface area contributed by atoms with Crippen LogP contribution in [-0.2, 0) is 19.8 Å². The molecule has 4 heterocycles. The van der Waals surface area contributed by atoms with E-state index in [1.807, 2.05) is 43.4 Å². The van der Waals surface area contributed by atoms with Crippen molar-refractivity contribution in [3.8, 4) is 23.0 Å². The molecule has 1 N–H and O–H groups in total. The van der Waals surface area contributed by atoms with Gasteiger partial charge in [0.15, 0.2) is 5.65 Å². The molecule has 0 unspecified atom stereocenters. The molecule has 0 saturated carbocycles. The standard InChI is InChI=1S/C34H33F3N8O/c1-4-43-13-15-44(16-14-43)21-27-7-10-29(18-30(27)34(35,36)37)39-33(46)25-6-5-23(2)24(17-25)8-11-31-40-41-32-12-9-26(22-45(31)32)28-19-38-42(3)20-28/h5-7,9-10,12,17-20,22H,4,13-16,21H2,1-3H3,(H,39,46). The average Bonchev–Trinajstić information content (AvgIpc) is 3.66. The number of amides is 1. The van der Waals surface area contributed by atoms with Crippen LogP contribution in [0.15, 0.2) is 67.1 Å². The zero-order valence-corrected chi connectivity index (χ0v) is 25.8. The van der Waals surface area contributed by atoms with Gasteiger partial charge in [-0.15, -0.1) is 10.2 Å². The topological polar surface area (TPSA) is 83.6 Å². The van der Waals surface area contributed by atoms with Crippen molar-refractivity contribution in [1.29, 1.82) is 0 Å². The summed E-state index contributed by atoms with van der Waals surface area (Å²) in [6.07, 6.45) is 1.01. The molecule has 2 aromatic carbocycles. The van der Waals surface area contributed by atoms with Gasteiger partial charge < -0.3 is 10.2 Å². The molecule has 0 aliphatic carbocycles. The highest BCUT2D eigenvalue weighted by Crippen LogP contribution is 2.35. The predicted octanol–water partition coefficient (Wildman–Crippen LogP) is 5.25. The number of alkyl halides is 3. The van der Waals surface area contributed by atoms with Crippen LogP contribution in [0.1, 0.15) is 45.4 Å². The van der Waals surface area contributed by atoms with Crippen LogP contribution in [0.5, 0.6) is 0 Å². The molecule has 1 fully saturated rings. The van der Waals surface area contributed by atoms with Crippen LogP contribution in [0.3, 0.4) is 0 Å². The number of nitrogens with zero attached hydrogens (tertiary/aromatic N) is 7. The minimum atomic E-state index is -4.56. The van der Waals surface area contributed by atoms with E-state index in [1.54, 1.807) is 33.5 Å². The number of aromatic nitrogens is 5. The van der Waals surface area contributed by atoms with Crippen molar-refractivity contribution < 1.29 is 18.0 Å². The number of carbonyl (C=O) groups is 1. The van der Waals surface area contributed by atoms with Gasteiger partial charge in [0.25, 0.3) is 5.91 Å². The van der Waals surface area contributed by atoms with Gasteiger partial charge in [0.2, 0.25) is 5.82 Å². The molecule has 9 nitrogen and oxygen atoms in total. The summed E-state index contributed by atoms with van der Waals surface area (Å²) in [5.41, 5.74) is 3.70. The molecule has 1 amide bonds. The van der Waals surface area contributed by atoms with E-state index >= 15 is 0 Å². The van der Waals surface area contributed by atoms with Crippen LogP contribution in [0.2, 0.25) is 0 Å². The predicted molar refractivity (Wildman–Crippen MR) is 169 cm³/mol. The summed E-state index contributed by atoms with van der Waals surface area (Å²) in [5, 5.41) is 15.3. The third kappa shape index (κ3) is 6.80. The number of carbonyl (C=O) groups excluding carboxylic acids is 1. The number of pyridine rings is 1. The number of aryl methyl sites for hydroxylation is 2. The van der Waals surface area contributed by atoms with E-state index in [2.05, 4.69) is 44.3 Å². The fourth-order valence-electron chi connectivity index (χ4n) is 5.50. The highest BCUT2D eigenvalue weighted by molar-refractivity contribution is 6.04. The number of rotatable bonds is 6. The Balaban J connectivity index is 1.20. The van der Waals surface area contributed by atoms with Crippen LogP contribution in [0, 0.1) is 18.8 Å². The Morgan fingerprint density at radius 3 is 2.43 bits per heavy atom. The zero-order valence-electron chi connectivity index (χ0n) is 25.8.